The molecule has 46 heavy (non-hydrogen) atoms. The Labute approximate surface area is 264 Å². The summed E-state index contributed by atoms with van der Waals surface area (Å²) in [5.74, 6) is -0.651. The Balaban J connectivity index is 1.12. The number of ether oxygens (including phenoxy) is 1. The number of benzene rings is 2. The number of amides is 2. The van der Waals surface area contributed by atoms with Crippen LogP contribution in [0.4, 0.5) is 15.8 Å². The zero-order valence-corrected chi connectivity index (χ0v) is 25.7. The molecule has 3 N–H and O–H groups in total. The fourth-order valence-corrected chi connectivity index (χ4v) is 5.34. The van der Waals surface area contributed by atoms with E-state index in [0.29, 0.717) is 37.4 Å². The number of nitro groups is 1. The van der Waals surface area contributed by atoms with E-state index in [9.17, 15) is 24.1 Å². The summed E-state index contributed by atoms with van der Waals surface area (Å²) in [4.78, 5) is 42.1. The van der Waals surface area contributed by atoms with Crippen LogP contribution < -0.4 is 16.0 Å². The highest BCUT2D eigenvalue weighted by atomic mass is 19.1. The van der Waals surface area contributed by atoms with Gasteiger partial charge in [0.05, 0.1) is 23.8 Å². The van der Waals surface area contributed by atoms with Crippen molar-refractivity contribution in [2.75, 3.05) is 31.6 Å². The van der Waals surface area contributed by atoms with Gasteiger partial charge in [0.2, 0.25) is 11.4 Å². The number of carbonyl (C=O) groups is 2. The Hall–Kier alpha value is -4.98. The summed E-state index contributed by atoms with van der Waals surface area (Å²) >= 11 is 0. The van der Waals surface area contributed by atoms with Gasteiger partial charge in [-0.25, -0.2) is 14.0 Å². The molecule has 13 nitrogen and oxygen atoms in total. The van der Waals surface area contributed by atoms with Crippen LogP contribution >= 0.6 is 0 Å². The number of aromatic nitrogens is 3. The van der Waals surface area contributed by atoms with Gasteiger partial charge in [-0.15, -0.1) is 0 Å². The number of anilines is 1. The number of hydrogen-bond acceptors (Lipinski definition) is 10. The summed E-state index contributed by atoms with van der Waals surface area (Å²) in [6, 6.07) is 12.8. The number of fused-ring (bicyclic) bond motifs is 1. The number of nitrogens with one attached hydrogen (secondary N) is 3. The summed E-state index contributed by atoms with van der Waals surface area (Å²) in [6.45, 7) is 4.78. The number of rotatable bonds is 16. The van der Waals surface area contributed by atoms with Gasteiger partial charge < -0.3 is 20.7 Å². The van der Waals surface area contributed by atoms with E-state index < -0.39 is 16.4 Å². The van der Waals surface area contributed by atoms with E-state index in [2.05, 4.69) is 30.9 Å². The van der Waals surface area contributed by atoms with E-state index in [1.165, 1.54) is 24.3 Å². The highest BCUT2D eigenvalue weighted by Gasteiger charge is 2.37. The smallest absolute Gasteiger partial charge is 0.300 e. The lowest BCUT2D eigenvalue weighted by atomic mass is 9.91. The molecule has 0 saturated heterocycles. The second kappa shape index (κ2) is 14.4. The summed E-state index contributed by atoms with van der Waals surface area (Å²) < 4.78 is 23.7. The van der Waals surface area contributed by atoms with E-state index in [4.69, 9.17) is 9.72 Å². The molecule has 0 radical (unpaired) electrons. The van der Waals surface area contributed by atoms with Crippen molar-refractivity contribution in [1.82, 2.24) is 25.9 Å². The lowest BCUT2D eigenvalue weighted by Crippen LogP contribution is -2.58. The Morgan fingerprint density at radius 2 is 1.74 bits per heavy atom. The van der Waals surface area contributed by atoms with E-state index >= 15 is 0 Å². The molecule has 1 fully saturated rings. The molecule has 2 heterocycles. The zero-order valence-electron chi connectivity index (χ0n) is 25.7. The number of hydrogen-bond donors (Lipinski definition) is 3. The lowest BCUT2D eigenvalue weighted by molar-refractivity contribution is -0.383. The number of pyridine rings is 1. The predicted molar refractivity (Wildman–Crippen MR) is 167 cm³/mol. The standard InChI is InChI=1S/C32H36FN7O6/c1-3-32(4-2,31(42)35-16-18-45-17-15-34-24-13-14-27(40(43)44)29-28(24)38-46-39-29)37-30(41)25-12-11-23(21-7-8-21)26(36-25)19-20-5-9-22(33)10-6-20/h5-6,9-14,21,34H,3-4,7-8,15-19H2,1-2H3,(H,35,42)(H,37,41). The molecule has 14 heteroatoms. The molecule has 4 aromatic rings. The van der Waals surface area contributed by atoms with E-state index in [0.717, 1.165) is 29.7 Å². The summed E-state index contributed by atoms with van der Waals surface area (Å²) in [7, 11) is 0. The predicted octanol–water partition coefficient (Wildman–Crippen LogP) is 4.67. The summed E-state index contributed by atoms with van der Waals surface area (Å²) in [5, 5.41) is 27.4. The van der Waals surface area contributed by atoms with Gasteiger partial charge in [0.25, 0.3) is 5.91 Å². The maximum atomic E-state index is 13.4. The Bertz CT molecular complexity index is 1700. The second-order valence-corrected chi connectivity index (χ2v) is 11.2. The first-order valence-electron chi connectivity index (χ1n) is 15.3. The Kier molecular flexibility index (Phi) is 10.2. The Morgan fingerprint density at radius 3 is 2.43 bits per heavy atom. The molecule has 1 aliphatic rings. The van der Waals surface area contributed by atoms with E-state index in [-0.39, 0.29) is 53.9 Å². The van der Waals surface area contributed by atoms with Crippen molar-refractivity contribution in [3.05, 3.63) is 87.0 Å². The van der Waals surface area contributed by atoms with Crippen molar-refractivity contribution in [3.63, 3.8) is 0 Å². The van der Waals surface area contributed by atoms with Crippen LogP contribution in [0.25, 0.3) is 11.0 Å². The average Bonchev–Trinajstić information content (AvgIpc) is 3.78. The minimum atomic E-state index is -1.14. The highest BCUT2D eigenvalue weighted by Crippen LogP contribution is 2.41. The topological polar surface area (TPSA) is 174 Å². The molecule has 0 aliphatic heterocycles. The fraction of sp³-hybridized carbons (Fsp3) is 0.406. The largest absolute Gasteiger partial charge is 0.381 e. The van der Waals surface area contributed by atoms with Crippen molar-refractivity contribution >= 4 is 34.2 Å². The fourth-order valence-electron chi connectivity index (χ4n) is 5.34. The third-order valence-electron chi connectivity index (χ3n) is 8.22. The first kappa shape index (κ1) is 32.4. The van der Waals surface area contributed by atoms with E-state index in [1.807, 2.05) is 19.9 Å². The van der Waals surface area contributed by atoms with Crippen LogP contribution in [0.2, 0.25) is 0 Å². The van der Waals surface area contributed by atoms with Gasteiger partial charge in [-0.05, 0) is 77.3 Å². The number of carbonyl (C=O) groups excluding carboxylic acids is 2. The lowest BCUT2D eigenvalue weighted by Gasteiger charge is -2.31. The van der Waals surface area contributed by atoms with Crippen molar-refractivity contribution in [2.24, 2.45) is 0 Å². The maximum absolute atomic E-state index is 13.4. The average molecular weight is 634 g/mol. The molecule has 242 valence electrons. The molecule has 5 rings (SSSR count). The monoisotopic (exact) mass is 633 g/mol. The van der Waals surface area contributed by atoms with E-state index in [1.54, 1.807) is 18.2 Å². The van der Waals surface area contributed by atoms with Crippen molar-refractivity contribution in [3.8, 4) is 0 Å². The van der Waals surface area contributed by atoms with Crippen LogP contribution in [0.5, 0.6) is 0 Å². The SMILES string of the molecule is CCC(CC)(NC(=O)c1ccc(C2CC2)c(Cc2ccc(F)cc2)n1)C(=O)NCCOCCNc1ccc([N+](=O)[O-])c2nonc12. The zero-order chi connectivity index (χ0) is 32.7. The van der Waals surface area contributed by atoms with Crippen LogP contribution in [-0.2, 0) is 16.0 Å². The van der Waals surface area contributed by atoms with Crippen molar-refractivity contribution < 1.29 is 28.3 Å². The molecule has 0 unspecified atom stereocenters. The van der Waals surface area contributed by atoms with Crippen LogP contribution in [-0.4, -0.2) is 63.9 Å². The minimum Gasteiger partial charge on any atom is -0.381 e. The number of nitro benzene ring substituents is 1. The molecule has 1 saturated carbocycles. The highest BCUT2D eigenvalue weighted by molar-refractivity contribution is 5.98. The minimum absolute atomic E-state index is 0.0533. The number of halogens is 1. The van der Waals surface area contributed by atoms with Gasteiger partial charge >= 0.3 is 5.69 Å². The van der Waals surface area contributed by atoms with Crippen LogP contribution in [0.15, 0.2) is 53.2 Å². The first-order chi connectivity index (χ1) is 22.2. The van der Waals surface area contributed by atoms with Gasteiger partial charge in [-0.3, -0.25) is 19.7 Å². The molecule has 0 spiro atoms. The third-order valence-corrected chi connectivity index (χ3v) is 8.22. The van der Waals surface area contributed by atoms with Gasteiger partial charge in [-0.1, -0.05) is 32.0 Å². The molecule has 2 aromatic carbocycles. The van der Waals surface area contributed by atoms with Crippen LogP contribution in [0.1, 0.15) is 72.8 Å². The molecule has 1 aliphatic carbocycles. The number of non-ortho nitro benzene ring substituents is 1. The molecular formula is C32H36FN7O6. The third kappa shape index (κ3) is 7.45. The maximum Gasteiger partial charge on any atom is 0.300 e. The van der Waals surface area contributed by atoms with Crippen LogP contribution in [0.3, 0.4) is 0 Å². The summed E-state index contributed by atoms with van der Waals surface area (Å²) in [5.41, 5.74) is 2.49. The van der Waals surface area contributed by atoms with Gasteiger partial charge in [0.15, 0.2) is 5.52 Å². The quantitative estimate of drug-likeness (QED) is 0.0894. The van der Waals surface area contributed by atoms with Gasteiger partial charge in [-0.2, -0.15) is 0 Å². The van der Waals surface area contributed by atoms with Crippen molar-refractivity contribution in [1.29, 1.82) is 0 Å². The normalized spacial score (nSPS) is 13.0. The van der Waals surface area contributed by atoms with Crippen LogP contribution in [0, 0.1) is 15.9 Å². The molecule has 2 amide bonds. The second-order valence-electron chi connectivity index (χ2n) is 11.2. The molecule has 2 aromatic heterocycles. The Morgan fingerprint density at radius 1 is 1.02 bits per heavy atom. The summed E-state index contributed by atoms with van der Waals surface area (Å²) in [6.07, 6.45) is 3.36. The van der Waals surface area contributed by atoms with Gasteiger partial charge in [0, 0.05) is 31.3 Å². The van der Waals surface area contributed by atoms with Crippen molar-refractivity contribution in [2.45, 2.75) is 57.4 Å². The number of nitrogens with zero attached hydrogens (tertiary/aromatic N) is 4. The molecule has 0 atom stereocenters. The first-order valence-corrected chi connectivity index (χ1v) is 15.3. The molecular weight excluding hydrogens is 597 g/mol. The molecule has 0 bridgehead atoms. The van der Waals surface area contributed by atoms with Gasteiger partial charge in [0.1, 0.15) is 17.1 Å².